The second kappa shape index (κ2) is 6.52. The number of carbonyl (C=O) groups excluding carboxylic acids is 1. The number of aromatic amines is 1. The van der Waals surface area contributed by atoms with E-state index in [-0.39, 0.29) is 11.2 Å². The third kappa shape index (κ3) is 3.84. The molecule has 0 spiro atoms. The number of hydrogen-bond acceptors (Lipinski definition) is 5. The summed E-state index contributed by atoms with van der Waals surface area (Å²) in [7, 11) is 1.41. The van der Waals surface area contributed by atoms with Gasteiger partial charge in [-0.2, -0.15) is 0 Å². The van der Waals surface area contributed by atoms with E-state index in [9.17, 15) is 4.79 Å². The van der Waals surface area contributed by atoms with E-state index in [2.05, 4.69) is 22.1 Å². The highest BCUT2D eigenvalue weighted by Crippen LogP contribution is 2.24. The topological polar surface area (TPSA) is 67.9 Å². The first kappa shape index (κ1) is 13.0. The van der Waals surface area contributed by atoms with E-state index in [1.807, 2.05) is 6.92 Å². The van der Waals surface area contributed by atoms with Gasteiger partial charge in [0.1, 0.15) is 11.1 Å². The van der Waals surface area contributed by atoms with Gasteiger partial charge in [0.25, 0.3) is 0 Å². The Morgan fingerprint density at radius 3 is 2.88 bits per heavy atom. The third-order valence-electron chi connectivity index (χ3n) is 2.11. The van der Waals surface area contributed by atoms with Crippen LogP contribution in [0.1, 0.15) is 32.0 Å². The van der Waals surface area contributed by atoms with Crippen molar-refractivity contribution in [1.29, 1.82) is 0 Å². The fourth-order valence-electron chi connectivity index (χ4n) is 1.25. The van der Waals surface area contributed by atoms with Crippen LogP contribution in [0, 0.1) is 6.92 Å². The van der Waals surface area contributed by atoms with Gasteiger partial charge in [0.15, 0.2) is 0 Å². The number of rotatable bonds is 6. The first-order valence-electron chi connectivity index (χ1n) is 5.30. The van der Waals surface area contributed by atoms with Crippen molar-refractivity contribution >= 4 is 17.7 Å². The minimum absolute atomic E-state index is 0.207. The number of esters is 1. The first-order valence-corrected chi connectivity index (χ1v) is 6.18. The van der Waals surface area contributed by atoms with Gasteiger partial charge >= 0.3 is 5.97 Å². The molecule has 1 aromatic heterocycles. The molecular formula is C10H17N3O2S. The van der Waals surface area contributed by atoms with Gasteiger partial charge in [-0.05, 0) is 13.3 Å². The van der Waals surface area contributed by atoms with Gasteiger partial charge in [-0.3, -0.25) is 9.89 Å². The zero-order valence-corrected chi connectivity index (χ0v) is 10.6. The molecule has 0 saturated carbocycles. The predicted molar refractivity (Wildman–Crippen MR) is 62.3 cm³/mol. The molecule has 1 N–H and O–H groups in total. The number of unbranched alkanes of at least 4 members (excludes halogenated alkanes) is 1. The summed E-state index contributed by atoms with van der Waals surface area (Å²) in [5.74, 6) is 0.544. The summed E-state index contributed by atoms with van der Waals surface area (Å²) in [6.45, 7) is 3.92. The zero-order chi connectivity index (χ0) is 12.0. The van der Waals surface area contributed by atoms with Crippen LogP contribution in [0.15, 0.2) is 5.16 Å². The largest absolute Gasteiger partial charge is 0.468 e. The van der Waals surface area contributed by atoms with E-state index in [0.29, 0.717) is 5.16 Å². The number of aryl methyl sites for hydroxylation is 1. The van der Waals surface area contributed by atoms with Gasteiger partial charge in [-0.15, -0.1) is 5.10 Å². The van der Waals surface area contributed by atoms with Gasteiger partial charge in [0.05, 0.1) is 7.11 Å². The van der Waals surface area contributed by atoms with Crippen LogP contribution < -0.4 is 0 Å². The van der Waals surface area contributed by atoms with Crippen LogP contribution in [0.25, 0.3) is 0 Å². The molecule has 0 radical (unpaired) electrons. The summed E-state index contributed by atoms with van der Waals surface area (Å²) >= 11 is 1.35. The van der Waals surface area contributed by atoms with E-state index in [0.717, 1.165) is 25.1 Å². The van der Waals surface area contributed by atoms with Crippen LogP contribution in [0.4, 0.5) is 0 Å². The van der Waals surface area contributed by atoms with Crippen LogP contribution in [0.5, 0.6) is 0 Å². The maximum absolute atomic E-state index is 11.5. The normalized spacial score (nSPS) is 12.4. The number of ether oxygens (including phenoxy) is 1. The molecule has 1 unspecified atom stereocenters. The molecule has 0 aliphatic rings. The quantitative estimate of drug-likeness (QED) is 0.611. The molecule has 6 heteroatoms. The number of methoxy groups -OCH3 is 1. The summed E-state index contributed by atoms with van der Waals surface area (Å²) in [6, 6.07) is 0. The lowest BCUT2D eigenvalue weighted by Gasteiger charge is -2.11. The van der Waals surface area contributed by atoms with Crippen molar-refractivity contribution in [2.45, 2.75) is 43.5 Å². The summed E-state index contributed by atoms with van der Waals surface area (Å²) in [4.78, 5) is 15.7. The van der Waals surface area contributed by atoms with Gasteiger partial charge in [0, 0.05) is 0 Å². The Balaban J connectivity index is 2.59. The number of thioether (sulfide) groups is 1. The molecule has 0 bridgehead atoms. The van der Waals surface area contributed by atoms with Crippen LogP contribution >= 0.6 is 11.8 Å². The highest BCUT2D eigenvalue weighted by atomic mass is 32.2. The molecule has 1 atom stereocenters. The molecule has 1 rings (SSSR count). The van der Waals surface area contributed by atoms with Gasteiger partial charge < -0.3 is 4.74 Å². The Bertz CT molecular complexity index is 341. The first-order chi connectivity index (χ1) is 7.67. The predicted octanol–water partition coefficient (Wildman–Crippen LogP) is 1.94. The van der Waals surface area contributed by atoms with Crippen LogP contribution in [-0.4, -0.2) is 33.5 Å². The molecule has 1 aromatic rings. The lowest BCUT2D eigenvalue weighted by Crippen LogP contribution is -2.18. The molecule has 0 fully saturated rings. The number of H-pyrrole nitrogens is 1. The third-order valence-corrected chi connectivity index (χ3v) is 3.21. The van der Waals surface area contributed by atoms with Crippen LogP contribution in [0.3, 0.4) is 0 Å². The molecule has 0 aliphatic heterocycles. The van der Waals surface area contributed by atoms with E-state index in [1.54, 1.807) is 0 Å². The van der Waals surface area contributed by atoms with Gasteiger partial charge in [0.2, 0.25) is 5.16 Å². The summed E-state index contributed by atoms with van der Waals surface area (Å²) in [5, 5.41) is 7.15. The number of nitrogens with one attached hydrogen (secondary N) is 1. The second-order valence-corrected chi connectivity index (χ2v) is 4.65. The summed E-state index contributed by atoms with van der Waals surface area (Å²) in [5.41, 5.74) is 0. The Labute approximate surface area is 99.4 Å². The van der Waals surface area contributed by atoms with Crippen LogP contribution in [-0.2, 0) is 9.53 Å². The number of nitrogens with zero attached hydrogens (tertiary/aromatic N) is 2. The van der Waals surface area contributed by atoms with Gasteiger partial charge in [-0.25, -0.2) is 4.98 Å². The highest BCUT2D eigenvalue weighted by molar-refractivity contribution is 8.00. The number of carbonyl (C=O) groups is 1. The molecule has 0 aromatic carbocycles. The van der Waals surface area contributed by atoms with Crippen molar-refractivity contribution in [2.24, 2.45) is 0 Å². The Morgan fingerprint density at radius 1 is 1.62 bits per heavy atom. The molecule has 5 nitrogen and oxygen atoms in total. The van der Waals surface area contributed by atoms with E-state index < -0.39 is 0 Å². The van der Waals surface area contributed by atoms with Crippen molar-refractivity contribution < 1.29 is 9.53 Å². The van der Waals surface area contributed by atoms with Crippen LogP contribution in [0.2, 0.25) is 0 Å². The highest BCUT2D eigenvalue weighted by Gasteiger charge is 2.21. The van der Waals surface area contributed by atoms with Crippen molar-refractivity contribution in [3.63, 3.8) is 0 Å². The Morgan fingerprint density at radius 2 is 2.38 bits per heavy atom. The molecule has 0 saturated heterocycles. The van der Waals surface area contributed by atoms with E-state index in [4.69, 9.17) is 4.74 Å². The lowest BCUT2D eigenvalue weighted by molar-refractivity contribution is -0.140. The lowest BCUT2D eigenvalue weighted by atomic mass is 10.2. The Kier molecular flexibility index (Phi) is 5.31. The van der Waals surface area contributed by atoms with E-state index in [1.165, 1.54) is 18.9 Å². The Hall–Kier alpha value is -1.04. The maximum atomic E-state index is 11.5. The molecule has 0 amide bonds. The standard InChI is InChI=1S/C10H17N3O2S/c1-4-5-6-8(9(14)15-3)16-10-11-7(2)12-13-10/h8H,4-6H2,1-3H3,(H,11,12,13). The van der Waals surface area contributed by atoms with Crippen molar-refractivity contribution in [3.8, 4) is 0 Å². The molecule has 90 valence electrons. The van der Waals surface area contributed by atoms with Crippen molar-refractivity contribution in [1.82, 2.24) is 15.2 Å². The zero-order valence-electron chi connectivity index (χ0n) is 9.82. The molecule has 16 heavy (non-hydrogen) atoms. The minimum atomic E-state index is -0.208. The molecule has 0 aliphatic carbocycles. The minimum Gasteiger partial charge on any atom is -0.468 e. The maximum Gasteiger partial charge on any atom is 0.319 e. The molecule has 1 heterocycles. The second-order valence-electron chi connectivity index (χ2n) is 3.48. The SMILES string of the molecule is CCCCC(Sc1n[nH]c(C)n1)C(=O)OC. The summed E-state index contributed by atoms with van der Waals surface area (Å²) in [6.07, 6.45) is 2.85. The average Bonchev–Trinajstić information content (AvgIpc) is 2.69. The fourth-order valence-corrected chi connectivity index (χ4v) is 2.27. The smallest absolute Gasteiger partial charge is 0.319 e. The monoisotopic (exact) mass is 243 g/mol. The summed E-state index contributed by atoms with van der Waals surface area (Å²) < 4.78 is 4.76. The van der Waals surface area contributed by atoms with E-state index >= 15 is 0 Å². The fraction of sp³-hybridized carbons (Fsp3) is 0.700. The van der Waals surface area contributed by atoms with Gasteiger partial charge in [-0.1, -0.05) is 31.5 Å². The van der Waals surface area contributed by atoms with Crippen molar-refractivity contribution in [2.75, 3.05) is 7.11 Å². The number of aromatic nitrogens is 3. The molecular weight excluding hydrogens is 226 g/mol. The number of hydrogen-bond donors (Lipinski definition) is 1. The average molecular weight is 243 g/mol. The van der Waals surface area contributed by atoms with Crippen molar-refractivity contribution in [3.05, 3.63) is 5.82 Å².